The van der Waals surface area contributed by atoms with E-state index in [0.717, 1.165) is 27.0 Å². The maximum Gasteiger partial charge on any atom is 0.0972 e. The summed E-state index contributed by atoms with van der Waals surface area (Å²) in [5.74, 6) is 0. The number of hydrogen-bond acceptors (Lipinski definition) is 2. The van der Waals surface area contributed by atoms with E-state index < -0.39 is 0 Å². The van der Waals surface area contributed by atoms with Crippen LogP contribution in [0.3, 0.4) is 0 Å². The van der Waals surface area contributed by atoms with Crippen LogP contribution in [0.25, 0.3) is 16.9 Å². The lowest BCUT2D eigenvalue weighted by molar-refractivity contribution is 0.883. The van der Waals surface area contributed by atoms with Crippen molar-refractivity contribution in [2.24, 2.45) is 5.73 Å². The molecule has 0 aliphatic heterocycles. The summed E-state index contributed by atoms with van der Waals surface area (Å²) in [5, 5.41) is 4.67. The fourth-order valence-electron chi connectivity index (χ4n) is 2.12. The lowest BCUT2D eigenvalue weighted by Gasteiger charge is -2.01. The normalized spacial score (nSPS) is 10.7. The molecular formula is C16H14BrN3. The minimum absolute atomic E-state index is 0.470. The highest BCUT2D eigenvalue weighted by Gasteiger charge is 2.10. The quantitative estimate of drug-likeness (QED) is 0.795. The lowest BCUT2D eigenvalue weighted by atomic mass is 10.1. The molecule has 3 nitrogen and oxygen atoms in total. The third-order valence-corrected chi connectivity index (χ3v) is 3.68. The Morgan fingerprint density at radius 2 is 1.70 bits per heavy atom. The molecule has 1 aromatic heterocycles. The van der Waals surface area contributed by atoms with Crippen LogP contribution in [-0.2, 0) is 6.54 Å². The van der Waals surface area contributed by atoms with Crippen LogP contribution in [0.4, 0.5) is 0 Å². The molecule has 0 amide bonds. The maximum absolute atomic E-state index is 5.85. The fourth-order valence-corrected chi connectivity index (χ4v) is 2.39. The Kier molecular flexibility index (Phi) is 3.67. The molecule has 1 heterocycles. The van der Waals surface area contributed by atoms with Crippen LogP contribution in [0, 0.1) is 0 Å². The summed E-state index contributed by atoms with van der Waals surface area (Å²) in [6.45, 7) is 0.470. The highest BCUT2D eigenvalue weighted by molar-refractivity contribution is 9.10. The largest absolute Gasteiger partial charge is 0.326 e. The van der Waals surface area contributed by atoms with Crippen LogP contribution in [0.1, 0.15) is 5.56 Å². The second-order valence-electron chi connectivity index (χ2n) is 4.49. The summed E-state index contributed by atoms with van der Waals surface area (Å²) in [4.78, 5) is 0. The maximum atomic E-state index is 5.85. The predicted molar refractivity (Wildman–Crippen MR) is 84.6 cm³/mol. The van der Waals surface area contributed by atoms with E-state index in [-0.39, 0.29) is 0 Å². The molecule has 2 N–H and O–H groups in total. The van der Waals surface area contributed by atoms with Crippen molar-refractivity contribution in [3.05, 3.63) is 70.8 Å². The van der Waals surface area contributed by atoms with Gasteiger partial charge in [0, 0.05) is 28.3 Å². The Morgan fingerprint density at radius 3 is 2.35 bits per heavy atom. The van der Waals surface area contributed by atoms with Gasteiger partial charge >= 0.3 is 0 Å². The van der Waals surface area contributed by atoms with Gasteiger partial charge in [0.1, 0.15) is 0 Å². The van der Waals surface area contributed by atoms with Crippen molar-refractivity contribution in [3.8, 4) is 16.9 Å². The molecule has 3 rings (SSSR count). The summed E-state index contributed by atoms with van der Waals surface area (Å²) < 4.78 is 2.93. The average molecular weight is 328 g/mol. The zero-order valence-electron chi connectivity index (χ0n) is 10.8. The Hall–Kier alpha value is -1.91. The van der Waals surface area contributed by atoms with Crippen LogP contribution in [0.15, 0.2) is 65.3 Å². The summed E-state index contributed by atoms with van der Waals surface area (Å²) in [6, 6.07) is 18.1. The van der Waals surface area contributed by atoms with Crippen LogP contribution < -0.4 is 5.73 Å². The first-order chi connectivity index (χ1) is 9.78. The molecule has 0 aliphatic rings. The lowest BCUT2D eigenvalue weighted by Crippen LogP contribution is -1.96. The Balaban J connectivity index is 2.07. The van der Waals surface area contributed by atoms with E-state index in [4.69, 9.17) is 5.73 Å². The first-order valence-corrected chi connectivity index (χ1v) is 7.17. The third-order valence-electron chi connectivity index (χ3n) is 3.15. The molecule has 0 spiro atoms. The minimum Gasteiger partial charge on any atom is -0.326 e. The van der Waals surface area contributed by atoms with Crippen molar-refractivity contribution < 1.29 is 0 Å². The molecule has 0 fully saturated rings. The predicted octanol–water partition coefficient (Wildman–Crippen LogP) is 3.76. The van der Waals surface area contributed by atoms with Crippen LogP contribution in [0.2, 0.25) is 0 Å². The molecule has 0 saturated heterocycles. The van der Waals surface area contributed by atoms with E-state index >= 15 is 0 Å². The van der Waals surface area contributed by atoms with Gasteiger partial charge in [0.05, 0.1) is 11.4 Å². The van der Waals surface area contributed by atoms with Gasteiger partial charge in [0.15, 0.2) is 0 Å². The smallest absolute Gasteiger partial charge is 0.0972 e. The second-order valence-corrected chi connectivity index (χ2v) is 5.41. The van der Waals surface area contributed by atoms with E-state index in [0.29, 0.717) is 6.54 Å². The molecule has 0 bridgehead atoms. The third kappa shape index (κ3) is 2.53. The van der Waals surface area contributed by atoms with Crippen molar-refractivity contribution in [2.75, 3.05) is 0 Å². The van der Waals surface area contributed by atoms with Crippen LogP contribution >= 0.6 is 15.9 Å². The van der Waals surface area contributed by atoms with Gasteiger partial charge in [-0.1, -0.05) is 46.3 Å². The van der Waals surface area contributed by atoms with Gasteiger partial charge in [-0.25, -0.2) is 4.68 Å². The van der Waals surface area contributed by atoms with Gasteiger partial charge in [-0.2, -0.15) is 5.10 Å². The molecule has 0 atom stereocenters. The fraction of sp³-hybridized carbons (Fsp3) is 0.0625. The van der Waals surface area contributed by atoms with Gasteiger partial charge in [-0.15, -0.1) is 0 Å². The number of nitrogens with zero attached hydrogens (tertiary/aromatic N) is 2. The SMILES string of the molecule is NCc1cn(-c2ccccc2)nc1-c1ccc(Br)cc1. The minimum atomic E-state index is 0.470. The number of hydrogen-bond donors (Lipinski definition) is 1. The average Bonchev–Trinajstić information content (AvgIpc) is 2.93. The first kappa shape index (κ1) is 13.1. The molecular weight excluding hydrogens is 314 g/mol. The van der Waals surface area contributed by atoms with E-state index in [9.17, 15) is 0 Å². The van der Waals surface area contributed by atoms with Gasteiger partial charge in [-0.05, 0) is 24.3 Å². The highest BCUT2D eigenvalue weighted by atomic mass is 79.9. The van der Waals surface area contributed by atoms with Crippen LogP contribution in [-0.4, -0.2) is 9.78 Å². The summed E-state index contributed by atoms with van der Waals surface area (Å²) in [6.07, 6.45) is 1.99. The molecule has 2 aromatic carbocycles. The van der Waals surface area contributed by atoms with Gasteiger partial charge in [0.25, 0.3) is 0 Å². The van der Waals surface area contributed by atoms with Gasteiger partial charge in [0.2, 0.25) is 0 Å². The van der Waals surface area contributed by atoms with E-state index in [1.165, 1.54) is 0 Å². The number of nitrogens with two attached hydrogens (primary N) is 1. The Bertz CT molecular complexity index is 702. The standard InChI is InChI=1S/C16H14BrN3/c17-14-8-6-12(7-9-14)16-13(10-18)11-20(19-16)15-4-2-1-3-5-15/h1-9,11H,10,18H2. The van der Waals surface area contributed by atoms with Crippen molar-refractivity contribution in [3.63, 3.8) is 0 Å². The highest BCUT2D eigenvalue weighted by Crippen LogP contribution is 2.25. The summed E-state index contributed by atoms with van der Waals surface area (Å²) in [5.41, 5.74) is 9.92. The topological polar surface area (TPSA) is 43.8 Å². The molecule has 3 aromatic rings. The number of para-hydroxylation sites is 1. The number of aromatic nitrogens is 2. The van der Waals surface area contributed by atoms with Crippen LogP contribution in [0.5, 0.6) is 0 Å². The molecule has 4 heteroatoms. The molecule has 0 unspecified atom stereocenters. The van der Waals surface area contributed by atoms with Crippen molar-refractivity contribution in [2.45, 2.75) is 6.54 Å². The number of rotatable bonds is 3. The molecule has 20 heavy (non-hydrogen) atoms. The number of benzene rings is 2. The van der Waals surface area contributed by atoms with E-state index in [1.807, 2.05) is 65.5 Å². The Labute approximate surface area is 126 Å². The van der Waals surface area contributed by atoms with Crippen molar-refractivity contribution >= 4 is 15.9 Å². The second kappa shape index (κ2) is 5.61. The zero-order chi connectivity index (χ0) is 13.9. The molecule has 0 aliphatic carbocycles. The molecule has 0 radical (unpaired) electrons. The van der Waals surface area contributed by atoms with Crippen molar-refractivity contribution in [1.82, 2.24) is 9.78 Å². The zero-order valence-corrected chi connectivity index (χ0v) is 12.4. The summed E-state index contributed by atoms with van der Waals surface area (Å²) >= 11 is 3.45. The molecule has 0 saturated carbocycles. The molecule has 100 valence electrons. The monoisotopic (exact) mass is 327 g/mol. The first-order valence-electron chi connectivity index (χ1n) is 6.38. The summed E-state index contributed by atoms with van der Waals surface area (Å²) in [7, 11) is 0. The number of halogens is 1. The van der Waals surface area contributed by atoms with Gasteiger partial charge in [-0.3, -0.25) is 0 Å². The van der Waals surface area contributed by atoms with E-state index in [1.54, 1.807) is 0 Å². The van der Waals surface area contributed by atoms with Gasteiger partial charge < -0.3 is 5.73 Å². The Morgan fingerprint density at radius 1 is 1.00 bits per heavy atom. The van der Waals surface area contributed by atoms with Crippen molar-refractivity contribution in [1.29, 1.82) is 0 Å². The van der Waals surface area contributed by atoms with E-state index in [2.05, 4.69) is 21.0 Å².